The van der Waals surface area contributed by atoms with Crippen LogP contribution < -0.4 is 4.74 Å². The highest BCUT2D eigenvalue weighted by molar-refractivity contribution is 5.30. The lowest BCUT2D eigenvalue weighted by Gasteiger charge is -2.47. The third kappa shape index (κ3) is 7.74. The summed E-state index contributed by atoms with van der Waals surface area (Å²) in [6, 6.07) is 8.99. The topological polar surface area (TPSA) is 18.5 Å². The summed E-state index contributed by atoms with van der Waals surface area (Å²) >= 11 is 0. The average molecular weight is 471 g/mol. The van der Waals surface area contributed by atoms with Crippen molar-refractivity contribution in [3.8, 4) is 5.75 Å². The molecule has 0 heterocycles. The van der Waals surface area contributed by atoms with Crippen molar-refractivity contribution in [1.29, 1.82) is 0 Å². The minimum absolute atomic E-state index is 0.135. The highest BCUT2D eigenvalue weighted by Crippen LogP contribution is 2.51. The first-order chi connectivity index (χ1) is 16.0. The molecule has 1 aromatic carbocycles. The maximum atomic E-state index is 6.57. The molecule has 0 amide bonds. The second-order valence-corrected chi connectivity index (χ2v) is 13.7. The molecule has 0 aromatic heterocycles. The Morgan fingerprint density at radius 2 is 1.44 bits per heavy atom. The van der Waals surface area contributed by atoms with E-state index in [4.69, 9.17) is 9.47 Å². The second kappa shape index (κ2) is 11.8. The van der Waals surface area contributed by atoms with Gasteiger partial charge in [-0.3, -0.25) is 0 Å². The van der Waals surface area contributed by atoms with Crippen molar-refractivity contribution in [1.82, 2.24) is 0 Å². The van der Waals surface area contributed by atoms with Crippen LogP contribution in [0.2, 0.25) is 0 Å². The van der Waals surface area contributed by atoms with Crippen LogP contribution in [0.25, 0.3) is 0 Å². The molecular formula is C32H54O2. The molecule has 0 aliphatic heterocycles. The predicted octanol–water partition coefficient (Wildman–Crippen LogP) is 9.91. The first-order valence-electron chi connectivity index (χ1n) is 14.4. The highest BCUT2D eigenvalue weighted by Gasteiger charge is 2.42. The van der Waals surface area contributed by atoms with Gasteiger partial charge in [-0.2, -0.15) is 0 Å². The summed E-state index contributed by atoms with van der Waals surface area (Å²) < 4.78 is 12.8. The van der Waals surface area contributed by atoms with Crippen molar-refractivity contribution in [2.45, 2.75) is 138 Å². The molecule has 2 nitrogen and oxygen atoms in total. The minimum Gasteiger partial charge on any atom is -0.465 e. The second-order valence-electron chi connectivity index (χ2n) is 13.7. The number of benzene rings is 1. The van der Waals surface area contributed by atoms with Gasteiger partial charge >= 0.3 is 0 Å². The Kier molecular flexibility index (Phi) is 9.57. The highest BCUT2D eigenvalue weighted by atomic mass is 16.7. The summed E-state index contributed by atoms with van der Waals surface area (Å²) in [5, 5.41) is 0. The van der Waals surface area contributed by atoms with Gasteiger partial charge in [0.15, 0.2) is 6.29 Å². The molecular weight excluding hydrogens is 416 g/mol. The molecule has 0 bridgehead atoms. The number of ether oxygens (including phenoxy) is 2. The Morgan fingerprint density at radius 1 is 0.853 bits per heavy atom. The Hall–Kier alpha value is -1.02. The van der Waals surface area contributed by atoms with Crippen LogP contribution in [0.15, 0.2) is 24.3 Å². The maximum Gasteiger partial charge on any atom is 0.200 e. The van der Waals surface area contributed by atoms with Gasteiger partial charge in [0.2, 0.25) is 0 Å². The fourth-order valence-corrected chi connectivity index (χ4v) is 6.87. The van der Waals surface area contributed by atoms with Gasteiger partial charge in [-0.05, 0) is 84.8 Å². The zero-order valence-electron chi connectivity index (χ0n) is 23.6. The summed E-state index contributed by atoms with van der Waals surface area (Å²) in [7, 11) is 0. The Morgan fingerprint density at radius 3 is 1.97 bits per heavy atom. The van der Waals surface area contributed by atoms with Crippen molar-refractivity contribution in [3.05, 3.63) is 29.8 Å². The van der Waals surface area contributed by atoms with Gasteiger partial charge in [0, 0.05) is 13.0 Å². The van der Waals surface area contributed by atoms with Gasteiger partial charge in [0.1, 0.15) is 5.75 Å². The van der Waals surface area contributed by atoms with Crippen LogP contribution in [0.5, 0.6) is 5.75 Å². The monoisotopic (exact) mass is 470 g/mol. The molecule has 2 aliphatic rings. The van der Waals surface area contributed by atoms with Crippen LogP contribution in [-0.2, 0) is 4.74 Å². The number of rotatable bonds is 9. The van der Waals surface area contributed by atoms with Gasteiger partial charge in [-0.25, -0.2) is 0 Å². The molecule has 0 saturated heterocycles. The standard InChI is InChI=1S/C32H54O2/c1-8-33-29(24-32(21-13-10-14-22-32)26-15-11-9-12-16-26)34-27-19-17-25(18-20-27)28(31(5,6)7)23-30(2,3)4/h17-20,26,28-29H,8-16,21-24H2,1-7H3. The van der Waals surface area contributed by atoms with Gasteiger partial charge in [0.25, 0.3) is 0 Å². The third-order valence-electron chi connectivity index (χ3n) is 8.66. The Balaban J connectivity index is 1.74. The maximum absolute atomic E-state index is 6.57. The SMILES string of the molecule is CCOC(CC1(C2CCCCC2)CCCCC1)Oc1ccc(C(CC(C)(C)C)C(C)(C)C)cc1. The van der Waals surface area contributed by atoms with Gasteiger partial charge in [-0.15, -0.1) is 0 Å². The fraction of sp³-hybridized carbons (Fsp3) is 0.812. The van der Waals surface area contributed by atoms with Crippen LogP contribution >= 0.6 is 0 Å². The molecule has 0 spiro atoms. The normalized spacial score (nSPS) is 21.7. The van der Waals surface area contributed by atoms with Gasteiger partial charge < -0.3 is 9.47 Å². The van der Waals surface area contributed by atoms with Crippen LogP contribution in [0.3, 0.4) is 0 Å². The van der Waals surface area contributed by atoms with Crippen LogP contribution in [0.4, 0.5) is 0 Å². The van der Waals surface area contributed by atoms with E-state index in [0.29, 0.717) is 23.4 Å². The van der Waals surface area contributed by atoms with Crippen LogP contribution in [0, 0.1) is 22.2 Å². The summed E-state index contributed by atoms with van der Waals surface area (Å²) in [5.74, 6) is 2.35. The van der Waals surface area contributed by atoms with Crippen molar-refractivity contribution in [2.24, 2.45) is 22.2 Å². The smallest absolute Gasteiger partial charge is 0.200 e. The zero-order valence-corrected chi connectivity index (χ0v) is 23.6. The van der Waals surface area contributed by atoms with E-state index >= 15 is 0 Å². The first kappa shape index (κ1) is 27.6. The lowest BCUT2D eigenvalue weighted by atomic mass is 9.60. The predicted molar refractivity (Wildman–Crippen MR) is 145 cm³/mol. The fourth-order valence-electron chi connectivity index (χ4n) is 6.87. The van der Waals surface area contributed by atoms with Crippen molar-refractivity contribution in [2.75, 3.05) is 6.61 Å². The molecule has 34 heavy (non-hydrogen) atoms. The zero-order chi connectivity index (χ0) is 24.8. The molecule has 2 fully saturated rings. The molecule has 2 saturated carbocycles. The van der Waals surface area contributed by atoms with E-state index in [2.05, 4.69) is 72.7 Å². The van der Waals surface area contributed by atoms with E-state index in [9.17, 15) is 0 Å². The van der Waals surface area contributed by atoms with E-state index in [1.807, 2.05) is 0 Å². The quantitative estimate of drug-likeness (QED) is 0.334. The lowest BCUT2D eigenvalue weighted by molar-refractivity contribution is -0.119. The lowest BCUT2D eigenvalue weighted by Crippen LogP contribution is -2.40. The summed E-state index contributed by atoms with van der Waals surface area (Å²) in [4.78, 5) is 0. The molecule has 194 valence electrons. The number of hydrogen-bond acceptors (Lipinski definition) is 2. The van der Waals surface area contributed by atoms with Crippen LogP contribution in [-0.4, -0.2) is 12.9 Å². The molecule has 2 heteroatoms. The summed E-state index contributed by atoms with van der Waals surface area (Å²) in [5.41, 5.74) is 2.38. The third-order valence-corrected chi connectivity index (χ3v) is 8.66. The number of hydrogen-bond donors (Lipinski definition) is 0. The van der Waals surface area contributed by atoms with E-state index in [0.717, 1.165) is 18.1 Å². The molecule has 3 rings (SSSR count). The largest absolute Gasteiger partial charge is 0.465 e. The van der Waals surface area contributed by atoms with E-state index in [1.54, 1.807) is 0 Å². The Labute approximate surface area is 211 Å². The van der Waals surface area contributed by atoms with E-state index in [-0.39, 0.29) is 11.7 Å². The van der Waals surface area contributed by atoms with E-state index < -0.39 is 0 Å². The van der Waals surface area contributed by atoms with Crippen molar-refractivity contribution in [3.63, 3.8) is 0 Å². The summed E-state index contributed by atoms with van der Waals surface area (Å²) in [6.07, 6.45) is 16.1. The average Bonchev–Trinajstić information content (AvgIpc) is 2.78. The molecule has 0 N–H and O–H groups in total. The van der Waals surface area contributed by atoms with Crippen LogP contribution in [0.1, 0.15) is 137 Å². The van der Waals surface area contributed by atoms with Crippen molar-refractivity contribution >= 4 is 0 Å². The van der Waals surface area contributed by atoms with Crippen molar-refractivity contribution < 1.29 is 9.47 Å². The Bertz CT molecular complexity index is 709. The first-order valence-corrected chi connectivity index (χ1v) is 14.4. The van der Waals surface area contributed by atoms with Gasteiger partial charge in [-0.1, -0.05) is 92.2 Å². The van der Waals surface area contributed by atoms with Gasteiger partial charge in [0.05, 0.1) is 0 Å². The molecule has 2 atom stereocenters. The van der Waals surface area contributed by atoms with E-state index in [1.165, 1.54) is 76.2 Å². The molecule has 1 aromatic rings. The minimum atomic E-state index is -0.135. The molecule has 2 unspecified atom stereocenters. The molecule has 0 radical (unpaired) electrons. The molecule has 2 aliphatic carbocycles. The summed E-state index contributed by atoms with van der Waals surface area (Å²) in [6.45, 7) is 17.0.